The van der Waals surface area contributed by atoms with Crippen molar-refractivity contribution < 1.29 is 14.1 Å². The van der Waals surface area contributed by atoms with Crippen LogP contribution in [0.2, 0.25) is 0 Å². The van der Waals surface area contributed by atoms with E-state index in [0.717, 1.165) is 17.2 Å². The van der Waals surface area contributed by atoms with Crippen LogP contribution in [-0.2, 0) is 0 Å². The van der Waals surface area contributed by atoms with Gasteiger partial charge in [-0.15, -0.1) is 0 Å². The van der Waals surface area contributed by atoms with E-state index in [4.69, 9.17) is 4.74 Å². The van der Waals surface area contributed by atoms with Gasteiger partial charge < -0.3 is 4.74 Å². The topological polar surface area (TPSA) is 52.4 Å². The number of nitrogens with zero attached hydrogens (tertiary/aromatic N) is 1. The summed E-state index contributed by atoms with van der Waals surface area (Å²) in [5.41, 5.74) is 1.24. The maximum absolute atomic E-state index is 13.6. The molecule has 0 spiro atoms. The Morgan fingerprint density at radius 1 is 1.19 bits per heavy atom. The molecule has 110 valence electrons. The molecule has 2 rings (SSSR count). The van der Waals surface area contributed by atoms with Crippen LogP contribution >= 0.6 is 0 Å². The lowest BCUT2D eigenvalue weighted by Crippen LogP contribution is -1.99. The van der Waals surface area contributed by atoms with E-state index in [9.17, 15) is 14.5 Å². The SMILES string of the molecule is Cc1ccc(C(C)C)c(Oc2cccc(F)c2[N+](=O)[O-])c1. The molecule has 0 aliphatic rings. The first-order valence-electron chi connectivity index (χ1n) is 6.61. The molecule has 4 nitrogen and oxygen atoms in total. The van der Waals surface area contributed by atoms with Gasteiger partial charge in [0.2, 0.25) is 11.6 Å². The van der Waals surface area contributed by atoms with E-state index >= 15 is 0 Å². The third kappa shape index (κ3) is 3.18. The van der Waals surface area contributed by atoms with Crippen LogP contribution in [0.1, 0.15) is 30.9 Å². The monoisotopic (exact) mass is 289 g/mol. The second-order valence-corrected chi connectivity index (χ2v) is 5.14. The number of aryl methyl sites for hydroxylation is 1. The largest absolute Gasteiger partial charge is 0.450 e. The van der Waals surface area contributed by atoms with E-state index in [2.05, 4.69) is 0 Å². The first-order valence-corrected chi connectivity index (χ1v) is 6.61. The van der Waals surface area contributed by atoms with Crippen LogP contribution in [0.5, 0.6) is 11.5 Å². The van der Waals surface area contributed by atoms with Gasteiger partial charge in [-0.25, -0.2) is 0 Å². The van der Waals surface area contributed by atoms with E-state index in [1.807, 2.05) is 32.9 Å². The van der Waals surface area contributed by atoms with Crippen molar-refractivity contribution in [1.29, 1.82) is 0 Å². The number of benzene rings is 2. The van der Waals surface area contributed by atoms with E-state index in [-0.39, 0.29) is 11.7 Å². The molecule has 0 saturated heterocycles. The Bertz CT molecular complexity index is 683. The molecule has 0 unspecified atom stereocenters. The van der Waals surface area contributed by atoms with Crippen LogP contribution < -0.4 is 4.74 Å². The average molecular weight is 289 g/mol. The zero-order chi connectivity index (χ0) is 15.6. The highest BCUT2D eigenvalue weighted by molar-refractivity contribution is 5.51. The summed E-state index contributed by atoms with van der Waals surface area (Å²) in [4.78, 5) is 10.2. The predicted octanol–water partition coefficient (Wildman–Crippen LogP) is 4.96. The Hall–Kier alpha value is -2.43. The summed E-state index contributed by atoms with van der Waals surface area (Å²) in [5.74, 6) is -0.296. The Kier molecular flexibility index (Phi) is 4.21. The van der Waals surface area contributed by atoms with Crippen molar-refractivity contribution in [3.8, 4) is 11.5 Å². The van der Waals surface area contributed by atoms with Crippen LogP contribution in [0.3, 0.4) is 0 Å². The maximum Gasteiger partial charge on any atom is 0.346 e. The fraction of sp³-hybridized carbons (Fsp3) is 0.250. The lowest BCUT2D eigenvalue weighted by Gasteiger charge is -2.14. The molecule has 0 amide bonds. The van der Waals surface area contributed by atoms with Crippen molar-refractivity contribution in [2.45, 2.75) is 26.7 Å². The number of para-hydroxylation sites is 1. The Labute approximate surface area is 122 Å². The van der Waals surface area contributed by atoms with Gasteiger partial charge in [-0.2, -0.15) is 4.39 Å². The van der Waals surface area contributed by atoms with Crippen LogP contribution in [0.25, 0.3) is 0 Å². The van der Waals surface area contributed by atoms with Crippen LogP contribution in [0.15, 0.2) is 36.4 Å². The van der Waals surface area contributed by atoms with Crippen LogP contribution in [0, 0.1) is 22.9 Å². The predicted molar refractivity (Wildman–Crippen MR) is 78.4 cm³/mol. The molecule has 0 aliphatic heterocycles. The molecule has 2 aromatic carbocycles. The summed E-state index contributed by atoms with van der Waals surface area (Å²) in [7, 11) is 0. The smallest absolute Gasteiger partial charge is 0.346 e. The molecule has 5 heteroatoms. The lowest BCUT2D eigenvalue weighted by molar-refractivity contribution is -0.388. The average Bonchev–Trinajstić information content (AvgIpc) is 2.37. The minimum absolute atomic E-state index is 0.0903. The molecular weight excluding hydrogens is 273 g/mol. The number of hydrogen-bond donors (Lipinski definition) is 0. The standard InChI is InChI=1S/C16H16FNO3/c1-10(2)12-8-7-11(3)9-15(12)21-14-6-4-5-13(17)16(14)18(19)20/h4-10H,1-3H3. The molecule has 2 aromatic rings. The summed E-state index contributed by atoms with van der Waals surface area (Å²) < 4.78 is 19.3. The normalized spacial score (nSPS) is 10.7. The zero-order valence-electron chi connectivity index (χ0n) is 12.1. The van der Waals surface area contributed by atoms with Crippen molar-refractivity contribution in [3.05, 3.63) is 63.5 Å². The molecule has 0 heterocycles. The van der Waals surface area contributed by atoms with Gasteiger partial charge in [-0.3, -0.25) is 10.1 Å². The van der Waals surface area contributed by atoms with Gasteiger partial charge in [0, 0.05) is 0 Å². The molecule has 0 atom stereocenters. The summed E-state index contributed by atoms with van der Waals surface area (Å²) in [6, 6.07) is 9.49. The molecule has 0 aliphatic carbocycles. The van der Waals surface area contributed by atoms with E-state index in [1.54, 1.807) is 6.07 Å². The highest BCUT2D eigenvalue weighted by Gasteiger charge is 2.22. The molecule has 0 fully saturated rings. The number of hydrogen-bond acceptors (Lipinski definition) is 3. The van der Waals surface area contributed by atoms with Crippen molar-refractivity contribution >= 4 is 5.69 Å². The third-order valence-electron chi connectivity index (χ3n) is 3.14. The highest BCUT2D eigenvalue weighted by atomic mass is 19.1. The summed E-state index contributed by atoms with van der Waals surface area (Å²) >= 11 is 0. The van der Waals surface area contributed by atoms with Gasteiger partial charge >= 0.3 is 5.69 Å². The summed E-state index contributed by atoms with van der Waals surface area (Å²) in [6.45, 7) is 5.89. The van der Waals surface area contributed by atoms with E-state index in [1.165, 1.54) is 12.1 Å². The molecular formula is C16H16FNO3. The van der Waals surface area contributed by atoms with Crippen molar-refractivity contribution in [1.82, 2.24) is 0 Å². The highest BCUT2D eigenvalue weighted by Crippen LogP contribution is 2.37. The molecule has 0 saturated carbocycles. The Morgan fingerprint density at radius 3 is 2.52 bits per heavy atom. The van der Waals surface area contributed by atoms with Gasteiger partial charge in [-0.05, 0) is 42.2 Å². The fourth-order valence-electron chi connectivity index (χ4n) is 2.08. The zero-order valence-corrected chi connectivity index (χ0v) is 12.1. The van der Waals surface area contributed by atoms with Crippen molar-refractivity contribution in [2.24, 2.45) is 0 Å². The second kappa shape index (κ2) is 5.91. The van der Waals surface area contributed by atoms with Gasteiger partial charge in [0.25, 0.3) is 0 Å². The van der Waals surface area contributed by atoms with Crippen molar-refractivity contribution in [2.75, 3.05) is 0 Å². The minimum atomic E-state index is -0.906. The summed E-state index contributed by atoms with van der Waals surface area (Å²) in [6.07, 6.45) is 0. The Balaban J connectivity index is 2.50. The maximum atomic E-state index is 13.6. The Morgan fingerprint density at radius 2 is 1.90 bits per heavy atom. The first kappa shape index (κ1) is 15.0. The van der Waals surface area contributed by atoms with Gasteiger partial charge in [0.1, 0.15) is 5.75 Å². The third-order valence-corrected chi connectivity index (χ3v) is 3.14. The van der Waals surface area contributed by atoms with Crippen molar-refractivity contribution in [3.63, 3.8) is 0 Å². The van der Waals surface area contributed by atoms with Gasteiger partial charge in [-0.1, -0.05) is 32.0 Å². The van der Waals surface area contributed by atoms with Gasteiger partial charge in [0.05, 0.1) is 4.92 Å². The second-order valence-electron chi connectivity index (χ2n) is 5.14. The van der Waals surface area contributed by atoms with Crippen LogP contribution in [0.4, 0.5) is 10.1 Å². The molecule has 0 bridgehead atoms. The number of nitro benzene ring substituents is 1. The first-order chi connectivity index (χ1) is 9.90. The summed E-state index contributed by atoms with van der Waals surface area (Å²) in [5, 5.41) is 11.0. The van der Waals surface area contributed by atoms with Crippen LogP contribution in [-0.4, -0.2) is 4.92 Å². The number of ether oxygens (including phenoxy) is 1. The minimum Gasteiger partial charge on any atom is -0.450 e. The fourth-order valence-corrected chi connectivity index (χ4v) is 2.08. The lowest BCUT2D eigenvalue weighted by atomic mass is 10.0. The van der Waals surface area contributed by atoms with E-state index in [0.29, 0.717) is 5.75 Å². The molecule has 0 N–H and O–H groups in total. The molecule has 21 heavy (non-hydrogen) atoms. The number of halogens is 1. The number of rotatable bonds is 4. The quantitative estimate of drug-likeness (QED) is 0.590. The molecule has 0 radical (unpaired) electrons. The van der Waals surface area contributed by atoms with E-state index < -0.39 is 16.4 Å². The number of nitro groups is 1. The van der Waals surface area contributed by atoms with Gasteiger partial charge in [0.15, 0.2) is 0 Å². The molecule has 0 aromatic heterocycles.